The number of methoxy groups -OCH3 is 2. The van der Waals surface area contributed by atoms with E-state index >= 15 is 0 Å². The number of benzene rings is 1. The fraction of sp³-hybridized carbons (Fsp3) is 0.588. The Hall–Kier alpha value is -1.73. The van der Waals surface area contributed by atoms with Gasteiger partial charge in [-0.15, -0.1) is 0 Å². The highest BCUT2D eigenvalue weighted by atomic mass is 16.5. The quantitative estimate of drug-likeness (QED) is 0.854. The molecule has 2 rings (SSSR count). The van der Waals surface area contributed by atoms with Crippen molar-refractivity contribution in [2.75, 3.05) is 34.4 Å². The molecule has 0 radical (unpaired) electrons. The fourth-order valence-electron chi connectivity index (χ4n) is 3.34. The Labute approximate surface area is 127 Å². The minimum Gasteiger partial charge on any atom is -0.496 e. The van der Waals surface area contributed by atoms with Crippen LogP contribution in [-0.4, -0.2) is 39.3 Å². The number of ether oxygens (including phenoxy) is 2. The summed E-state index contributed by atoms with van der Waals surface area (Å²) in [5, 5.41) is 8.97. The molecule has 0 aliphatic carbocycles. The molecule has 1 fully saturated rings. The summed E-state index contributed by atoms with van der Waals surface area (Å²) in [7, 11) is 5.53. The molecule has 0 saturated carbocycles. The van der Waals surface area contributed by atoms with Crippen LogP contribution >= 0.6 is 0 Å². The minimum atomic E-state index is 0.381. The molecule has 0 amide bonds. The second-order valence-electron chi connectivity index (χ2n) is 5.95. The predicted octanol–water partition coefficient (Wildman–Crippen LogP) is 2.96. The monoisotopic (exact) mass is 288 g/mol. The average Bonchev–Trinajstić information content (AvgIpc) is 2.46. The van der Waals surface area contributed by atoms with Gasteiger partial charge in [-0.2, -0.15) is 5.26 Å². The molecule has 1 aromatic carbocycles. The van der Waals surface area contributed by atoms with Crippen LogP contribution in [0.3, 0.4) is 0 Å². The van der Waals surface area contributed by atoms with Gasteiger partial charge in [-0.25, -0.2) is 0 Å². The van der Waals surface area contributed by atoms with Crippen molar-refractivity contribution in [3.63, 3.8) is 0 Å². The highest BCUT2D eigenvalue weighted by Crippen LogP contribution is 2.39. The molecular weight excluding hydrogens is 264 g/mol. The number of likely N-dealkylation sites (tertiary alicyclic amines) is 1. The molecule has 1 saturated heterocycles. The van der Waals surface area contributed by atoms with Gasteiger partial charge in [0, 0.05) is 31.0 Å². The number of rotatable bonds is 4. The van der Waals surface area contributed by atoms with Gasteiger partial charge in [-0.3, -0.25) is 0 Å². The van der Waals surface area contributed by atoms with E-state index in [1.54, 1.807) is 14.2 Å². The third kappa shape index (κ3) is 3.48. The lowest BCUT2D eigenvalue weighted by molar-refractivity contribution is 0.187. The average molecular weight is 288 g/mol. The third-order valence-corrected chi connectivity index (χ3v) is 4.29. The Morgan fingerprint density at radius 2 is 1.95 bits per heavy atom. The van der Waals surface area contributed by atoms with Crippen molar-refractivity contribution in [2.45, 2.75) is 25.7 Å². The molecule has 1 heterocycles. The summed E-state index contributed by atoms with van der Waals surface area (Å²) in [6.45, 7) is 4.01. The van der Waals surface area contributed by atoms with Gasteiger partial charge >= 0.3 is 0 Å². The van der Waals surface area contributed by atoms with E-state index in [0.717, 1.165) is 36.6 Å². The standard InChI is InChI=1S/C17H24N2O2/c1-12-7-17(21-4)15(9-16(12)20-3)14-8-13(5-6-18)10-19(2)11-14/h7,9,13-14H,5,8,10-11H2,1-4H3. The zero-order valence-electron chi connectivity index (χ0n) is 13.3. The molecule has 0 aromatic heterocycles. The van der Waals surface area contributed by atoms with E-state index in [4.69, 9.17) is 14.7 Å². The number of nitrogens with zero attached hydrogens (tertiary/aromatic N) is 2. The van der Waals surface area contributed by atoms with Crippen LogP contribution in [-0.2, 0) is 0 Å². The SMILES string of the molecule is COc1cc(C2CC(CC#N)CN(C)C2)c(OC)cc1C. The second-order valence-corrected chi connectivity index (χ2v) is 5.95. The smallest absolute Gasteiger partial charge is 0.122 e. The van der Waals surface area contributed by atoms with Gasteiger partial charge < -0.3 is 14.4 Å². The highest BCUT2D eigenvalue weighted by molar-refractivity contribution is 5.47. The van der Waals surface area contributed by atoms with Crippen LogP contribution in [0.5, 0.6) is 11.5 Å². The summed E-state index contributed by atoms with van der Waals surface area (Å²) in [5.41, 5.74) is 2.27. The van der Waals surface area contributed by atoms with E-state index in [-0.39, 0.29) is 0 Å². The van der Waals surface area contributed by atoms with Crippen LogP contribution in [0.2, 0.25) is 0 Å². The number of piperidine rings is 1. The lowest BCUT2D eigenvalue weighted by atomic mass is 9.82. The Kier molecular flexibility index (Phi) is 5.08. The van der Waals surface area contributed by atoms with E-state index in [1.807, 2.05) is 13.0 Å². The molecule has 4 heteroatoms. The number of aryl methyl sites for hydroxylation is 1. The predicted molar refractivity (Wildman–Crippen MR) is 82.9 cm³/mol. The van der Waals surface area contributed by atoms with E-state index in [1.165, 1.54) is 5.56 Å². The summed E-state index contributed by atoms with van der Waals surface area (Å²) in [4.78, 5) is 2.31. The van der Waals surface area contributed by atoms with Crippen LogP contribution in [0, 0.1) is 24.2 Å². The van der Waals surface area contributed by atoms with Gasteiger partial charge in [0.2, 0.25) is 0 Å². The number of likely N-dealkylation sites (N-methyl/N-ethyl adjacent to an activating group) is 1. The molecule has 1 aromatic rings. The van der Waals surface area contributed by atoms with Crippen molar-refractivity contribution in [1.82, 2.24) is 4.90 Å². The molecular formula is C17H24N2O2. The Balaban J connectivity index is 2.33. The lowest BCUT2D eigenvalue weighted by Crippen LogP contribution is -2.36. The van der Waals surface area contributed by atoms with Crippen LogP contribution in [0.15, 0.2) is 12.1 Å². The zero-order valence-corrected chi connectivity index (χ0v) is 13.3. The first-order chi connectivity index (χ1) is 10.1. The van der Waals surface area contributed by atoms with Gasteiger partial charge in [0.05, 0.1) is 20.3 Å². The highest BCUT2D eigenvalue weighted by Gasteiger charge is 2.28. The first kappa shape index (κ1) is 15.7. The largest absolute Gasteiger partial charge is 0.496 e. The van der Waals surface area contributed by atoms with Crippen LogP contribution < -0.4 is 9.47 Å². The topological polar surface area (TPSA) is 45.5 Å². The molecule has 21 heavy (non-hydrogen) atoms. The molecule has 2 atom stereocenters. The summed E-state index contributed by atoms with van der Waals surface area (Å²) in [5.74, 6) is 2.63. The molecule has 0 N–H and O–H groups in total. The maximum atomic E-state index is 8.97. The molecule has 1 aliphatic heterocycles. The molecule has 4 nitrogen and oxygen atoms in total. The van der Waals surface area contributed by atoms with E-state index in [2.05, 4.69) is 24.1 Å². The minimum absolute atomic E-state index is 0.381. The normalized spacial score (nSPS) is 22.6. The van der Waals surface area contributed by atoms with Gasteiger partial charge in [-0.1, -0.05) is 0 Å². The van der Waals surface area contributed by atoms with Crippen LogP contribution in [0.4, 0.5) is 0 Å². The summed E-state index contributed by atoms with van der Waals surface area (Å²) >= 11 is 0. The molecule has 114 valence electrons. The van der Waals surface area contributed by atoms with Gasteiger partial charge in [-0.05, 0) is 44.0 Å². The van der Waals surface area contributed by atoms with E-state index in [0.29, 0.717) is 18.3 Å². The first-order valence-corrected chi connectivity index (χ1v) is 7.37. The number of hydrogen-bond donors (Lipinski definition) is 0. The number of hydrogen-bond acceptors (Lipinski definition) is 4. The van der Waals surface area contributed by atoms with E-state index in [9.17, 15) is 0 Å². The van der Waals surface area contributed by atoms with Crippen molar-refractivity contribution in [1.29, 1.82) is 5.26 Å². The van der Waals surface area contributed by atoms with Gasteiger partial charge in [0.25, 0.3) is 0 Å². The van der Waals surface area contributed by atoms with Crippen molar-refractivity contribution in [3.8, 4) is 17.6 Å². The second kappa shape index (κ2) is 6.82. The van der Waals surface area contributed by atoms with E-state index < -0.39 is 0 Å². The molecule has 0 bridgehead atoms. The number of nitriles is 1. The molecule has 0 spiro atoms. The van der Waals surface area contributed by atoms with Gasteiger partial charge in [0.15, 0.2) is 0 Å². The molecule has 1 aliphatic rings. The summed E-state index contributed by atoms with van der Waals surface area (Å²) in [6.07, 6.45) is 1.65. The maximum absolute atomic E-state index is 8.97. The fourth-order valence-corrected chi connectivity index (χ4v) is 3.34. The Morgan fingerprint density at radius 1 is 1.24 bits per heavy atom. The third-order valence-electron chi connectivity index (χ3n) is 4.29. The van der Waals surface area contributed by atoms with Crippen molar-refractivity contribution in [3.05, 3.63) is 23.3 Å². The van der Waals surface area contributed by atoms with Crippen molar-refractivity contribution in [2.24, 2.45) is 5.92 Å². The lowest BCUT2D eigenvalue weighted by Gasteiger charge is -2.35. The van der Waals surface area contributed by atoms with Crippen molar-refractivity contribution < 1.29 is 9.47 Å². The Bertz CT molecular complexity index is 536. The maximum Gasteiger partial charge on any atom is 0.122 e. The molecule has 2 unspecified atom stereocenters. The van der Waals surface area contributed by atoms with Crippen LogP contribution in [0.1, 0.15) is 29.9 Å². The first-order valence-electron chi connectivity index (χ1n) is 7.37. The summed E-state index contributed by atoms with van der Waals surface area (Å²) in [6, 6.07) is 6.45. The zero-order chi connectivity index (χ0) is 15.4. The van der Waals surface area contributed by atoms with Gasteiger partial charge in [0.1, 0.15) is 11.5 Å². The van der Waals surface area contributed by atoms with Crippen LogP contribution in [0.25, 0.3) is 0 Å². The summed E-state index contributed by atoms with van der Waals surface area (Å²) < 4.78 is 11.0. The van der Waals surface area contributed by atoms with Crippen molar-refractivity contribution >= 4 is 0 Å². The Morgan fingerprint density at radius 3 is 2.57 bits per heavy atom.